The van der Waals surface area contributed by atoms with E-state index >= 15 is 0 Å². The minimum Gasteiger partial charge on any atom is -0.483 e. The lowest BCUT2D eigenvalue weighted by Crippen LogP contribution is -2.29. The highest BCUT2D eigenvalue weighted by Gasteiger charge is 2.35. The monoisotopic (exact) mass is 301 g/mol. The Morgan fingerprint density at radius 3 is 2.45 bits per heavy atom. The molecule has 0 aliphatic rings. The van der Waals surface area contributed by atoms with Crippen molar-refractivity contribution >= 4 is 11.3 Å². The highest BCUT2D eigenvalue weighted by atomic mass is 32.1. The number of benzene rings is 1. The quantitative estimate of drug-likeness (QED) is 0.917. The molecule has 2 atom stereocenters. The SMILES string of the molecule is CC(N)C(Oc1ccccc1C(F)(F)F)c1ccsc1. The minimum absolute atomic E-state index is 0.200. The van der Waals surface area contributed by atoms with Crippen molar-refractivity contribution in [2.24, 2.45) is 5.73 Å². The summed E-state index contributed by atoms with van der Waals surface area (Å²) in [7, 11) is 0. The number of nitrogens with two attached hydrogens (primary N) is 1. The second kappa shape index (κ2) is 5.85. The van der Waals surface area contributed by atoms with E-state index in [-0.39, 0.29) is 5.75 Å². The highest BCUT2D eigenvalue weighted by Crippen LogP contribution is 2.38. The lowest BCUT2D eigenvalue weighted by atomic mass is 10.1. The molecule has 0 saturated carbocycles. The van der Waals surface area contributed by atoms with E-state index in [2.05, 4.69) is 0 Å². The van der Waals surface area contributed by atoms with Gasteiger partial charge in [0.05, 0.1) is 5.56 Å². The van der Waals surface area contributed by atoms with Crippen LogP contribution in [0, 0.1) is 0 Å². The average Bonchev–Trinajstić information content (AvgIpc) is 2.88. The Kier molecular flexibility index (Phi) is 4.35. The maximum atomic E-state index is 12.9. The fourth-order valence-electron chi connectivity index (χ4n) is 1.86. The second-order valence-electron chi connectivity index (χ2n) is 4.45. The molecule has 2 unspecified atom stereocenters. The molecule has 1 aromatic heterocycles. The Morgan fingerprint density at radius 1 is 1.20 bits per heavy atom. The Balaban J connectivity index is 2.33. The Labute approximate surface area is 119 Å². The maximum Gasteiger partial charge on any atom is 0.419 e. The van der Waals surface area contributed by atoms with Gasteiger partial charge in [0.1, 0.15) is 11.9 Å². The van der Waals surface area contributed by atoms with Crippen LogP contribution in [0.15, 0.2) is 41.1 Å². The number of rotatable bonds is 4. The molecule has 0 amide bonds. The van der Waals surface area contributed by atoms with E-state index in [0.29, 0.717) is 0 Å². The minimum atomic E-state index is -4.45. The van der Waals surface area contributed by atoms with Gasteiger partial charge in [0.2, 0.25) is 0 Å². The number of thiophene rings is 1. The van der Waals surface area contributed by atoms with E-state index in [1.165, 1.54) is 29.5 Å². The second-order valence-corrected chi connectivity index (χ2v) is 5.23. The van der Waals surface area contributed by atoms with Crippen LogP contribution in [-0.4, -0.2) is 6.04 Å². The van der Waals surface area contributed by atoms with Crippen LogP contribution in [0.3, 0.4) is 0 Å². The molecule has 0 radical (unpaired) electrons. The summed E-state index contributed by atoms with van der Waals surface area (Å²) in [5.41, 5.74) is 5.82. The zero-order valence-corrected chi connectivity index (χ0v) is 11.5. The molecule has 0 saturated heterocycles. The molecule has 20 heavy (non-hydrogen) atoms. The van der Waals surface area contributed by atoms with E-state index in [4.69, 9.17) is 10.5 Å². The van der Waals surface area contributed by atoms with Crippen molar-refractivity contribution in [3.05, 3.63) is 52.2 Å². The summed E-state index contributed by atoms with van der Waals surface area (Å²) in [6, 6.07) is 6.53. The van der Waals surface area contributed by atoms with Gasteiger partial charge in [-0.25, -0.2) is 0 Å². The van der Waals surface area contributed by atoms with Crippen molar-refractivity contribution in [3.63, 3.8) is 0 Å². The van der Waals surface area contributed by atoms with Crippen LogP contribution in [0.1, 0.15) is 24.2 Å². The van der Waals surface area contributed by atoms with Gasteiger partial charge in [-0.3, -0.25) is 0 Å². The summed E-state index contributed by atoms with van der Waals surface area (Å²) < 4.78 is 44.3. The zero-order valence-electron chi connectivity index (χ0n) is 10.7. The summed E-state index contributed by atoms with van der Waals surface area (Å²) in [4.78, 5) is 0. The molecule has 108 valence electrons. The van der Waals surface area contributed by atoms with Crippen molar-refractivity contribution < 1.29 is 17.9 Å². The molecule has 2 aromatic rings. The summed E-state index contributed by atoms with van der Waals surface area (Å²) in [5, 5.41) is 3.66. The van der Waals surface area contributed by atoms with Crippen LogP contribution in [-0.2, 0) is 6.18 Å². The number of hydrogen-bond donors (Lipinski definition) is 1. The molecule has 2 rings (SSSR count). The molecule has 0 aliphatic heterocycles. The van der Waals surface area contributed by atoms with E-state index < -0.39 is 23.9 Å². The normalized spacial score (nSPS) is 14.8. The van der Waals surface area contributed by atoms with Gasteiger partial charge in [0.15, 0.2) is 0 Å². The Morgan fingerprint density at radius 2 is 1.90 bits per heavy atom. The average molecular weight is 301 g/mol. The molecule has 0 fully saturated rings. The van der Waals surface area contributed by atoms with Gasteiger partial charge >= 0.3 is 6.18 Å². The summed E-state index contributed by atoms with van der Waals surface area (Å²) in [5.74, 6) is -0.200. The first-order valence-electron chi connectivity index (χ1n) is 6.00. The molecular weight excluding hydrogens is 287 g/mol. The first kappa shape index (κ1) is 14.9. The lowest BCUT2D eigenvalue weighted by Gasteiger charge is -2.24. The van der Waals surface area contributed by atoms with Gasteiger partial charge in [-0.2, -0.15) is 24.5 Å². The molecule has 0 aliphatic carbocycles. The number of ether oxygens (including phenoxy) is 1. The van der Waals surface area contributed by atoms with Gasteiger partial charge in [-0.05, 0) is 35.9 Å². The number of halogens is 3. The molecule has 0 spiro atoms. The van der Waals surface area contributed by atoms with Crippen LogP contribution in [0.5, 0.6) is 5.75 Å². The highest BCUT2D eigenvalue weighted by molar-refractivity contribution is 7.07. The number of para-hydroxylation sites is 1. The van der Waals surface area contributed by atoms with Crippen LogP contribution in [0.25, 0.3) is 0 Å². The van der Waals surface area contributed by atoms with Crippen molar-refractivity contribution in [1.29, 1.82) is 0 Å². The van der Waals surface area contributed by atoms with Gasteiger partial charge in [-0.1, -0.05) is 12.1 Å². The van der Waals surface area contributed by atoms with Gasteiger partial charge in [-0.15, -0.1) is 0 Å². The fourth-order valence-corrected chi connectivity index (χ4v) is 2.54. The number of hydrogen-bond acceptors (Lipinski definition) is 3. The lowest BCUT2D eigenvalue weighted by molar-refractivity contribution is -0.139. The van der Waals surface area contributed by atoms with Crippen LogP contribution in [0.2, 0.25) is 0 Å². The van der Waals surface area contributed by atoms with Crippen LogP contribution >= 0.6 is 11.3 Å². The first-order valence-corrected chi connectivity index (χ1v) is 6.94. The fraction of sp³-hybridized carbons (Fsp3) is 0.286. The molecule has 0 bridgehead atoms. The third-order valence-electron chi connectivity index (χ3n) is 2.80. The molecule has 2 N–H and O–H groups in total. The van der Waals surface area contributed by atoms with Gasteiger partial charge in [0, 0.05) is 11.6 Å². The van der Waals surface area contributed by atoms with Crippen molar-refractivity contribution in [2.75, 3.05) is 0 Å². The maximum absolute atomic E-state index is 12.9. The van der Waals surface area contributed by atoms with E-state index in [1.807, 2.05) is 10.8 Å². The zero-order chi connectivity index (χ0) is 14.8. The largest absolute Gasteiger partial charge is 0.483 e. The molecule has 1 aromatic carbocycles. The van der Waals surface area contributed by atoms with E-state index in [9.17, 15) is 13.2 Å². The predicted molar refractivity (Wildman–Crippen MR) is 72.8 cm³/mol. The Bertz CT molecular complexity index is 552. The summed E-state index contributed by atoms with van der Waals surface area (Å²) >= 11 is 1.45. The van der Waals surface area contributed by atoms with E-state index in [0.717, 1.165) is 11.6 Å². The first-order chi connectivity index (χ1) is 9.39. The van der Waals surface area contributed by atoms with Crippen molar-refractivity contribution in [2.45, 2.75) is 25.2 Å². The molecule has 2 nitrogen and oxygen atoms in total. The molecular formula is C14H14F3NOS. The standard InChI is InChI=1S/C14H14F3NOS/c1-9(18)13(10-6-7-20-8-10)19-12-5-3-2-4-11(12)14(15,16)17/h2-9,13H,18H2,1H3. The van der Waals surface area contributed by atoms with Crippen LogP contribution < -0.4 is 10.5 Å². The van der Waals surface area contributed by atoms with Crippen molar-refractivity contribution in [1.82, 2.24) is 0 Å². The smallest absolute Gasteiger partial charge is 0.419 e. The Hall–Kier alpha value is -1.53. The topological polar surface area (TPSA) is 35.2 Å². The third kappa shape index (κ3) is 3.32. The summed E-state index contributed by atoms with van der Waals surface area (Å²) in [6.07, 6.45) is -5.06. The number of alkyl halides is 3. The van der Waals surface area contributed by atoms with E-state index in [1.54, 1.807) is 13.0 Å². The molecule has 1 heterocycles. The third-order valence-corrected chi connectivity index (χ3v) is 3.50. The van der Waals surface area contributed by atoms with Crippen molar-refractivity contribution in [3.8, 4) is 5.75 Å². The van der Waals surface area contributed by atoms with Crippen LogP contribution in [0.4, 0.5) is 13.2 Å². The van der Waals surface area contributed by atoms with Gasteiger partial charge < -0.3 is 10.5 Å². The predicted octanol–water partition coefficient (Wildman–Crippen LogP) is 4.23. The summed E-state index contributed by atoms with van der Waals surface area (Å²) in [6.45, 7) is 1.71. The molecule has 6 heteroatoms. The van der Waals surface area contributed by atoms with Gasteiger partial charge in [0.25, 0.3) is 0 Å².